The molecule has 0 fully saturated rings. The van der Waals surface area contributed by atoms with Crippen LogP contribution in [0.2, 0.25) is 5.02 Å². The number of thioether (sulfide) groups is 1. The van der Waals surface area contributed by atoms with Gasteiger partial charge < -0.3 is 14.2 Å². The van der Waals surface area contributed by atoms with Crippen LogP contribution in [-0.2, 0) is 4.79 Å². The molecule has 10 heteroatoms. The molecule has 2 aliphatic heterocycles. The second-order valence-electron chi connectivity index (χ2n) is 6.91. The van der Waals surface area contributed by atoms with Gasteiger partial charge >= 0.3 is 0 Å². The number of methoxy groups -OCH3 is 1. The third-order valence-electron chi connectivity index (χ3n) is 4.70. The molecule has 1 N–H and O–H groups in total. The zero-order valence-electron chi connectivity index (χ0n) is 18.0. The van der Waals surface area contributed by atoms with E-state index in [0.29, 0.717) is 40.3 Å². The van der Waals surface area contributed by atoms with Crippen molar-refractivity contribution >= 4 is 51.4 Å². The molecule has 0 aromatic heterocycles. The molecule has 2 heterocycles. The van der Waals surface area contributed by atoms with Gasteiger partial charge in [0.15, 0.2) is 17.3 Å². The van der Waals surface area contributed by atoms with E-state index in [9.17, 15) is 4.79 Å². The first-order valence-corrected chi connectivity index (χ1v) is 11.4. The number of amidine groups is 2. The van der Waals surface area contributed by atoms with Crippen LogP contribution < -0.4 is 14.2 Å². The van der Waals surface area contributed by atoms with Crippen molar-refractivity contribution in [2.24, 2.45) is 10.1 Å². The van der Waals surface area contributed by atoms with E-state index in [0.717, 1.165) is 10.8 Å². The Morgan fingerprint density at radius 2 is 1.94 bits per heavy atom. The van der Waals surface area contributed by atoms with Gasteiger partial charge in [-0.05, 0) is 54.1 Å². The van der Waals surface area contributed by atoms with Crippen LogP contribution in [-0.4, -0.2) is 47.3 Å². The molecule has 170 valence electrons. The molecule has 2 aromatic rings. The SMILES string of the molecule is CCC1=NN2C(=N)C(=Cc3cc(Cl)c(OCCOc4ccccc4)c(OC)c3)C(=O)N=C2S1. The van der Waals surface area contributed by atoms with Crippen LogP contribution in [0.4, 0.5) is 0 Å². The van der Waals surface area contributed by atoms with E-state index in [-0.39, 0.29) is 18.0 Å². The second kappa shape index (κ2) is 10.1. The summed E-state index contributed by atoms with van der Waals surface area (Å²) in [6, 6.07) is 12.8. The van der Waals surface area contributed by atoms with Crippen LogP contribution >= 0.6 is 23.4 Å². The summed E-state index contributed by atoms with van der Waals surface area (Å²) in [6.07, 6.45) is 2.25. The standard InChI is InChI=1S/C23H21ClN4O4S/c1-3-19-27-28-21(25)16(22(29)26-23(28)33-19)11-14-12-17(24)20(18(13-14)30-2)32-10-9-31-15-7-5-4-6-8-15/h4-8,11-13,25H,3,9-10H2,1-2H3. The maximum atomic E-state index is 12.6. The molecule has 2 aliphatic rings. The number of para-hydroxylation sites is 1. The molecule has 0 aliphatic carbocycles. The molecular formula is C23H21ClN4O4S. The number of carbonyl (C=O) groups is 1. The minimum Gasteiger partial charge on any atom is -0.493 e. The molecule has 33 heavy (non-hydrogen) atoms. The highest BCUT2D eigenvalue weighted by Gasteiger charge is 2.35. The van der Waals surface area contributed by atoms with Gasteiger partial charge in [-0.3, -0.25) is 10.2 Å². The number of hydrogen-bond acceptors (Lipinski definition) is 7. The van der Waals surface area contributed by atoms with Crippen molar-refractivity contribution in [2.75, 3.05) is 20.3 Å². The van der Waals surface area contributed by atoms with Crippen molar-refractivity contribution in [3.05, 3.63) is 58.6 Å². The summed E-state index contributed by atoms with van der Waals surface area (Å²) in [5.41, 5.74) is 0.687. The van der Waals surface area contributed by atoms with Gasteiger partial charge in [0.2, 0.25) is 5.17 Å². The fraction of sp³-hybridized carbons (Fsp3) is 0.217. The Hall–Kier alpha value is -3.30. The number of hydrogen-bond donors (Lipinski definition) is 1. The number of rotatable bonds is 8. The first-order chi connectivity index (χ1) is 16.0. The number of amides is 1. The Balaban J connectivity index is 1.50. The van der Waals surface area contributed by atoms with Crippen LogP contribution in [0.25, 0.3) is 6.08 Å². The average molecular weight is 485 g/mol. The lowest BCUT2D eigenvalue weighted by Crippen LogP contribution is -2.35. The van der Waals surface area contributed by atoms with E-state index in [1.165, 1.54) is 23.9 Å². The number of nitrogens with one attached hydrogen (secondary N) is 1. The van der Waals surface area contributed by atoms with Crippen molar-refractivity contribution in [2.45, 2.75) is 13.3 Å². The zero-order chi connectivity index (χ0) is 23.4. The maximum absolute atomic E-state index is 12.6. The number of fused-ring (bicyclic) bond motifs is 1. The normalized spacial score (nSPS) is 16.5. The van der Waals surface area contributed by atoms with Crippen molar-refractivity contribution in [1.82, 2.24) is 5.01 Å². The molecule has 0 spiro atoms. The largest absolute Gasteiger partial charge is 0.493 e. The molecule has 0 saturated carbocycles. The van der Waals surface area contributed by atoms with Crippen LogP contribution in [0.3, 0.4) is 0 Å². The molecule has 0 radical (unpaired) electrons. The lowest BCUT2D eigenvalue weighted by molar-refractivity contribution is -0.114. The van der Waals surface area contributed by atoms with E-state index >= 15 is 0 Å². The highest BCUT2D eigenvalue weighted by Crippen LogP contribution is 2.37. The van der Waals surface area contributed by atoms with Crippen LogP contribution in [0.15, 0.2) is 58.1 Å². The first kappa shape index (κ1) is 22.9. The predicted octanol–water partition coefficient (Wildman–Crippen LogP) is 4.84. The van der Waals surface area contributed by atoms with E-state index in [1.54, 1.807) is 18.2 Å². The molecule has 0 unspecified atom stereocenters. The minimum absolute atomic E-state index is 0.0329. The molecule has 0 saturated heterocycles. The number of hydrazone groups is 1. The lowest BCUT2D eigenvalue weighted by atomic mass is 10.1. The summed E-state index contributed by atoms with van der Waals surface area (Å²) in [6.45, 7) is 2.55. The fourth-order valence-electron chi connectivity index (χ4n) is 3.12. The van der Waals surface area contributed by atoms with Gasteiger partial charge in [0.1, 0.15) is 24.0 Å². The van der Waals surface area contributed by atoms with Gasteiger partial charge in [0.25, 0.3) is 5.91 Å². The van der Waals surface area contributed by atoms with Crippen molar-refractivity contribution in [3.8, 4) is 17.2 Å². The van der Waals surface area contributed by atoms with Crippen LogP contribution in [0.5, 0.6) is 17.2 Å². The van der Waals surface area contributed by atoms with Crippen molar-refractivity contribution in [1.29, 1.82) is 5.41 Å². The number of halogens is 1. The van der Waals surface area contributed by atoms with Crippen LogP contribution in [0.1, 0.15) is 18.9 Å². The van der Waals surface area contributed by atoms with E-state index < -0.39 is 5.91 Å². The summed E-state index contributed by atoms with van der Waals surface area (Å²) < 4.78 is 16.9. The van der Waals surface area contributed by atoms with E-state index in [1.807, 2.05) is 37.3 Å². The predicted molar refractivity (Wildman–Crippen MR) is 131 cm³/mol. The highest BCUT2D eigenvalue weighted by molar-refractivity contribution is 8.26. The summed E-state index contributed by atoms with van der Waals surface area (Å²) in [5, 5.41) is 15.7. The fourth-order valence-corrected chi connectivity index (χ4v) is 4.22. The van der Waals surface area contributed by atoms with E-state index in [4.69, 9.17) is 31.2 Å². The van der Waals surface area contributed by atoms with Crippen molar-refractivity contribution in [3.63, 3.8) is 0 Å². The Kier molecular flexibility index (Phi) is 7.00. The quantitative estimate of drug-likeness (QED) is 0.425. The van der Waals surface area contributed by atoms with Gasteiger partial charge in [0.05, 0.1) is 17.7 Å². The highest BCUT2D eigenvalue weighted by atomic mass is 35.5. The molecule has 2 aromatic carbocycles. The minimum atomic E-state index is -0.500. The molecular weight excluding hydrogens is 464 g/mol. The summed E-state index contributed by atoms with van der Waals surface area (Å²) >= 11 is 7.75. The Morgan fingerprint density at radius 1 is 1.18 bits per heavy atom. The molecule has 4 rings (SSSR count). The second-order valence-corrected chi connectivity index (χ2v) is 8.36. The van der Waals surface area contributed by atoms with Gasteiger partial charge in [0, 0.05) is 0 Å². The van der Waals surface area contributed by atoms with Gasteiger partial charge in [-0.15, -0.1) is 0 Å². The number of ether oxygens (including phenoxy) is 3. The Bertz CT molecular complexity index is 1180. The Labute approximate surface area is 200 Å². The number of nitrogens with zero attached hydrogens (tertiary/aromatic N) is 3. The van der Waals surface area contributed by atoms with Crippen molar-refractivity contribution < 1.29 is 19.0 Å². The topological polar surface area (TPSA) is 96.6 Å². The first-order valence-electron chi connectivity index (χ1n) is 10.2. The third kappa shape index (κ3) is 5.04. The number of carbonyl (C=O) groups excluding carboxylic acids is 1. The molecule has 0 bridgehead atoms. The summed E-state index contributed by atoms with van der Waals surface area (Å²) in [7, 11) is 1.50. The lowest BCUT2D eigenvalue weighted by Gasteiger charge is -2.20. The Morgan fingerprint density at radius 3 is 2.67 bits per heavy atom. The van der Waals surface area contributed by atoms with Gasteiger partial charge in [-0.25, -0.2) is 0 Å². The van der Waals surface area contributed by atoms with Gasteiger partial charge in [-0.2, -0.15) is 15.1 Å². The number of aliphatic imine (C=N–C) groups is 1. The van der Waals surface area contributed by atoms with E-state index in [2.05, 4.69) is 10.1 Å². The molecule has 8 nitrogen and oxygen atoms in total. The number of benzene rings is 2. The van der Waals surface area contributed by atoms with Crippen LogP contribution in [0, 0.1) is 5.41 Å². The zero-order valence-corrected chi connectivity index (χ0v) is 19.6. The molecule has 0 atom stereocenters. The summed E-state index contributed by atoms with van der Waals surface area (Å²) in [4.78, 5) is 16.6. The van der Waals surface area contributed by atoms with Gasteiger partial charge in [-0.1, -0.05) is 36.7 Å². The maximum Gasteiger partial charge on any atom is 0.283 e. The monoisotopic (exact) mass is 484 g/mol. The third-order valence-corrected chi connectivity index (χ3v) is 6.04. The smallest absolute Gasteiger partial charge is 0.283 e. The summed E-state index contributed by atoms with van der Waals surface area (Å²) in [5.74, 6) is 0.986. The molecule has 1 amide bonds. The average Bonchev–Trinajstić information content (AvgIpc) is 3.24.